The van der Waals surface area contributed by atoms with Crippen LogP contribution in [0.3, 0.4) is 0 Å². The van der Waals surface area contributed by atoms with E-state index >= 15 is 0 Å². The van der Waals surface area contributed by atoms with Crippen LogP contribution in [0.2, 0.25) is 0 Å². The van der Waals surface area contributed by atoms with Gasteiger partial charge >= 0.3 is 0 Å². The molecule has 0 aliphatic carbocycles. The van der Waals surface area contributed by atoms with Gasteiger partial charge in [0.2, 0.25) is 11.8 Å². The highest BCUT2D eigenvalue weighted by Gasteiger charge is 2.11. The third kappa shape index (κ3) is 6.68. The standard InChI is InChI=1S/C13H18N4O3S/c14-11(18)7-17(8-12(15)19)4-5-20-10-3-1-2-9(6-10)13(16)21/h1-3,6H,4-5,7-8H2,(H2,14,18)(H2,15,19)(H2,16,21). The summed E-state index contributed by atoms with van der Waals surface area (Å²) in [6.07, 6.45) is 0. The van der Waals surface area contributed by atoms with Crippen molar-refractivity contribution in [2.45, 2.75) is 0 Å². The fourth-order valence-electron chi connectivity index (χ4n) is 1.69. The van der Waals surface area contributed by atoms with Crippen LogP contribution < -0.4 is 21.9 Å². The lowest BCUT2D eigenvalue weighted by atomic mass is 10.2. The highest BCUT2D eigenvalue weighted by molar-refractivity contribution is 7.80. The maximum absolute atomic E-state index is 10.9. The van der Waals surface area contributed by atoms with Gasteiger partial charge in [-0.2, -0.15) is 0 Å². The molecule has 1 rings (SSSR count). The average Bonchev–Trinajstić information content (AvgIpc) is 2.37. The summed E-state index contributed by atoms with van der Waals surface area (Å²) < 4.78 is 5.53. The molecular weight excluding hydrogens is 292 g/mol. The van der Waals surface area contributed by atoms with Crippen molar-refractivity contribution in [3.63, 3.8) is 0 Å². The molecule has 0 aromatic heterocycles. The number of primary amides is 2. The molecule has 6 N–H and O–H groups in total. The number of rotatable bonds is 9. The molecule has 1 aromatic rings. The molecule has 8 heteroatoms. The smallest absolute Gasteiger partial charge is 0.231 e. The third-order valence-electron chi connectivity index (χ3n) is 2.55. The summed E-state index contributed by atoms with van der Waals surface area (Å²) in [5.41, 5.74) is 16.4. The van der Waals surface area contributed by atoms with Gasteiger partial charge in [-0.15, -0.1) is 0 Å². The number of hydrogen-bond acceptors (Lipinski definition) is 5. The number of nitrogens with two attached hydrogens (primary N) is 3. The summed E-state index contributed by atoms with van der Waals surface area (Å²) >= 11 is 4.88. The number of carbonyl (C=O) groups excluding carboxylic acids is 2. The maximum Gasteiger partial charge on any atom is 0.231 e. The lowest BCUT2D eigenvalue weighted by Crippen LogP contribution is -2.41. The SMILES string of the molecule is NC(=O)CN(CCOc1cccc(C(N)=S)c1)CC(N)=O. The first-order chi connectivity index (χ1) is 9.88. The Morgan fingerprint density at radius 1 is 1.14 bits per heavy atom. The van der Waals surface area contributed by atoms with Crippen LogP contribution in [0.1, 0.15) is 5.56 Å². The molecule has 7 nitrogen and oxygen atoms in total. The highest BCUT2D eigenvalue weighted by atomic mass is 32.1. The topological polar surface area (TPSA) is 125 Å². The molecule has 0 aliphatic rings. The first-order valence-electron chi connectivity index (χ1n) is 6.20. The number of ether oxygens (including phenoxy) is 1. The molecule has 0 bridgehead atoms. The number of nitrogens with zero attached hydrogens (tertiary/aromatic N) is 1. The van der Waals surface area contributed by atoms with Crippen molar-refractivity contribution in [2.75, 3.05) is 26.2 Å². The van der Waals surface area contributed by atoms with E-state index < -0.39 is 11.8 Å². The third-order valence-corrected chi connectivity index (χ3v) is 2.79. The van der Waals surface area contributed by atoms with Gasteiger partial charge in [0.15, 0.2) is 0 Å². The van der Waals surface area contributed by atoms with Crippen molar-refractivity contribution < 1.29 is 14.3 Å². The predicted octanol–water partition coefficient (Wildman–Crippen LogP) is -1.03. The van der Waals surface area contributed by atoms with Crippen molar-refractivity contribution in [1.29, 1.82) is 0 Å². The lowest BCUT2D eigenvalue weighted by molar-refractivity contribution is -0.122. The fourth-order valence-corrected chi connectivity index (χ4v) is 1.81. The maximum atomic E-state index is 10.9. The number of amides is 2. The van der Waals surface area contributed by atoms with Crippen LogP contribution in [0.15, 0.2) is 24.3 Å². The summed E-state index contributed by atoms with van der Waals surface area (Å²) in [6, 6.07) is 7.03. The van der Waals surface area contributed by atoms with Crippen molar-refractivity contribution >= 4 is 29.0 Å². The number of benzene rings is 1. The first-order valence-corrected chi connectivity index (χ1v) is 6.61. The van der Waals surface area contributed by atoms with Crippen LogP contribution in [0.5, 0.6) is 5.75 Å². The van der Waals surface area contributed by atoms with Gasteiger partial charge in [-0.05, 0) is 12.1 Å². The molecule has 2 amide bonds. The van der Waals surface area contributed by atoms with Crippen molar-refractivity contribution in [2.24, 2.45) is 17.2 Å². The van der Waals surface area contributed by atoms with Crippen LogP contribution >= 0.6 is 12.2 Å². The number of carbonyl (C=O) groups is 2. The molecule has 0 saturated carbocycles. The normalized spacial score (nSPS) is 10.3. The second-order valence-corrected chi connectivity index (χ2v) is 4.82. The van der Waals surface area contributed by atoms with Crippen molar-refractivity contribution in [3.8, 4) is 5.75 Å². The van der Waals surface area contributed by atoms with Gasteiger partial charge in [0.25, 0.3) is 0 Å². The van der Waals surface area contributed by atoms with Gasteiger partial charge in [-0.1, -0.05) is 24.4 Å². The molecule has 1 aromatic carbocycles. The van der Waals surface area contributed by atoms with Crippen LogP contribution in [0, 0.1) is 0 Å². The van der Waals surface area contributed by atoms with Gasteiger partial charge < -0.3 is 21.9 Å². The van der Waals surface area contributed by atoms with Crippen LogP contribution in [0.4, 0.5) is 0 Å². The fraction of sp³-hybridized carbons (Fsp3) is 0.308. The van der Waals surface area contributed by atoms with E-state index in [4.69, 9.17) is 34.2 Å². The summed E-state index contributed by atoms with van der Waals surface area (Å²) in [7, 11) is 0. The Kier molecular flexibility index (Phi) is 6.57. The zero-order valence-corrected chi connectivity index (χ0v) is 12.3. The molecule has 0 radical (unpaired) electrons. The van der Waals surface area contributed by atoms with Crippen LogP contribution in [-0.4, -0.2) is 47.9 Å². The van der Waals surface area contributed by atoms with E-state index in [0.717, 1.165) is 0 Å². The summed E-state index contributed by atoms with van der Waals surface area (Å²) in [5, 5.41) is 0. The number of thiocarbonyl (C=S) groups is 1. The molecule has 0 heterocycles. The molecule has 21 heavy (non-hydrogen) atoms. The summed E-state index contributed by atoms with van der Waals surface area (Å²) in [6.45, 7) is 0.489. The van der Waals surface area contributed by atoms with Gasteiger partial charge in [0, 0.05) is 12.1 Å². The summed E-state index contributed by atoms with van der Waals surface area (Å²) in [5.74, 6) is -0.475. The summed E-state index contributed by atoms with van der Waals surface area (Å²) in [4.78, 5) is 23.6. The molecular formula is C13H18N4O3S. The second kappa shape index (κ2) is 8.18. The molecule has 0 fully saturated rings. The van der Waals surface area contributed by atoms with E-state index in [-0.39, 0.29) is 24.7 Å². The molecule has 0 atom stereocenters. The second-order valence-electron chi connectivity index (χ2n) is 4.38. The Bertz CT molecular complexity index is 520. The molecule has 0 saturated heterocycles. The van der Waals surface area contributed by atoms with Gasteiger partial charge in [0.1, 0.15) is 17.3 Å². The van der Waals surface area contributed by atoms with E-state index in [1.54, 1.807) is 24.3 Å². The molecule has 0 aliphatic heterocycles. The Hall–Kier alpha value is -2.19. The van der Waals surface area contributed by atoms with E-state index in [1.165, 1.54) is 4.90 Å². The first kappa shape index (κ1) is 16.9. The molecule has 114 valence electrons. The average molecular weight is 310 g/mol. The van der Waals surface area contributed by atoms with Crippen LogP contribution in [-0.2, 0) is 9.59 Å². The molecule has 0 spiro atoms. The Morgan fingerprint density at radius 2 is 1.76 bits per heavy atom. The van der Waals surface area contributed by atoms with E-state index in [1.807, 2.05) is 0 Å². The predicted molar refractivity (Wildman–Crippen MR) is 82.7 cm³/mol. The Balaban J connectivity index is 2.53. The monoisotopic (exact) mass is 310 g/mol. The van der Waals surface area contributed by atoms with E-state index in [2.05, 4.69) is 0 Å². The van der Waals surface area contributed by atoms with Crippen molar-refractivity contribution in [3.05, 3.63) is 29.8 Å². The number of hydrogen-bond donors (Lipinski definition) is 3. The highest BCUT2D eigenvalue weighted by Crippen LogP contribution is 2.13. The van der Waals surface area contributed by atoms with E-state index in [9.17, 15) is 9.59 Å². The van der Waals surface area contributed by atoms with E-state index in [0.29, 0.717) is 17.9 Å². The minimum Gasteiger partial charge on any atom is -0.492 e. The van der Waals surface area contributed by atoms with Gasteiger partial charge in [0.05, 0.1) is 13.1 Å². The zero-order chi connectivity index (χ0) is 15.8. The minimum absolute atomic E-state index is 0.0563. The van der Waals surface area contributed by atoms with Crippen molar-refractivity contribution in [1.82, 2.24) is 4.90 Å². The van der Waals surface area contributed by atoms with Gasteiger partial charge in [-0.3, -0.25) is 14.5 Å². The lowest BCUT2D eigenvalue weighted by Gasteiger charge is -2.19. The largest absolute Gasteiger partial charge is 0.492 e. The molecule has 0 unspecified atom stereocenters. The Labute approximate surface area is 128 Å². The van der Waals surface area contributed by atoms with Crippen LogP contribution in [0.25, 0.3) is 0 Å². The quantitative estimate of drug-likeness (QED) is 0.501. The zero-order valence-electron chi connectivity index (χ0n) is 11.5. The van der Waals surface area contributed by atoms with Gasteiger partial charge in [-0.25, -0.2) is 0 Å². The minimum atomic E-state index is -0.535. The Morgan fingerprint density at radius 3 is 2.29 bits per heavy atom.